The summed E-state index contributed by atoms with van der Waals surface area (Å²) in [6.45, 7) is 6.60. The van der Waals surface area contributed by atoms with E-state index in [1.54, 1.807) is 0 Å². The van der Waals surface area contributed by atoms with Crippen molar-refractivity contribution >= 4 is 17.9 Å². The number of hydrogen-bond donors (Lipinski definition) is 0. The fourth-order valence-corrected chi connectivity index (χ4v) is 7.72. The Bertz CT molecular complexity index is 973. The minimum atomic E-state index is -0.775. The maximum atomic E-state index is 12.8. The summed E-state index contributed by atoms with van der Waals surface area (Å²) in [7, 11) is 0. The first-order valence-electron chi connectivity index (χ1n) is 26.4. The van der Waals surface area contributed by atoms with Gasteiger partial charge in [-0.05, 0) is 38.5 Å². The lowest BCUT2D eigenvalue weighted by molar-refractivity contribution is -0.167. The van der Waals surface area contributed by atoms with E-state index in [1.807, 2.05) is 0 Å². The van der Waals surface area contributed by atoms with Crippen molar-refractivity contribution in [1.29, 1.82) is 0 Å². The van der Waals surface area contributed by atoms with Gasteiger partial charge in [0.1, 0.15) is 13.2 Å². The van der Waals surface area contributed by atoms with Crippen molar-refractivity contribution in [3.8, 4) is 0 Å². The molecular formula is C54H100O6. The summed E-state index contributed by atoms with van der Waals surface area (Å²) in [5, 5.41) is 0. The smallest absolute Gasteiger partial charge is 0.306 e. The molecule has 0 fully saturated rings. The second-order valence-electron chi connectivity index (χ2n) is 17.8. The lowest BCUT2D eigenvalue weighted by Gasteiger charge is -2.18. The lowest BCUT2D eigenvalue weighted by Crippen LogP contribution is -2.30. The second kappa shape index (κ2) is 49.5. The standard InChI is InChI=1S/C54H100O6/c1-4-7-10-13-16-19-22-24-26-28-29-32-35-38-41-44-47-53(56)59-50-51(49-58-52(55)46-43-40-37-34-31-21-18-15-12-9-6-3)60-54(57)48-45-42-39-36-33-30-27-25-23-20-17-14-11-8-5-2/h15,18,21,31,51H,4-14,16-17,19-20,22-30,32-50H2,1-3H3/b18-15-,31-21-. The Morgan fingerprint density at radius 1 is 0.333 bits per heavy atom. The van der Waals surface area contributed by atoms with Crippen molar-refractivity contribution in [2.24, 2.45) is 0 Å². The van der Waals surface area contributed by atoms with E-state index in [1.165, 1.54) is 173 Å². The van der Waals surface area contributed by atoms with E-state index in [0.717, 1.165) is 70.6 Å². The van der Waals surface area contributed by atoms with Gasteiger partial charge in [0.2, 0.25) is 0 Å². The minimum absolute atomic E-state index is 0.0746. The summed E-state index contributed by atoms with van der Waals surface area (Å²) < 4.78 is 16.8. The summed E-state index contributed by atoms with van der Waals surface area (Å²) in [5.74, 6) is -0.888. The van der Waals surface area contributed by atoms with E-state index in [2.05, 4.69) is 45.1 Å². The molecule has 6 nitrogen and oxygen atoms in total. The summed E-state index contributed by atoms with van der Waals surface area (Å²) in [6.07, 6.45) is 55.9. The first-order chi connectivity index (χ1) is 29.5. The number of unbranched alkanes of at least 4 members (excludes halogenated alkanes) is 34. The third kappa shape index (κ3) is 46.9. The van der Waals surface area contributed by atoms with E-state index >= 15 is 0 Å². The second-order valence-corrected chi connectivity index (χ2v) is 17.8. The molecule has 352 valence electrons. The minimum Gasteiger partial charge on any atom is -0.462 e. The van der Waals surface area contributed by atoms with Crippen molar-refractivity contribution in [1.82, 2.24) is 0 Å². The predicted octanol–water partition coefficient (Wildman–Crippen LogP) is 17.2. The highest BCUT2D eigenvalue weighted by molar-refractivity contribution is 5.71. The van der Waals surface area contributed by atoms with E-state index < -0.39 is 6.10 Å². The molecule has 0 saturated heterocycles. The van der Waals surface area contributed by atoms with Crippen LogP contribution in [0.3, 0.4) is 0 Å². The number of esters is 3. The zero-order chi connectivity index (χ0) is 43.7. The van der Waals surface area contributed by atoms with Gasteiger partial charge in [0, 0.05) is 19.3 Å². The van der Waals surface area contributed by atoms with Gasteiger partial charge in [0.05, 0.1) is 0 Å². The Balaban J connectivity index is 4.33. The highest BCUT2D eigenvalue weighted by Gasteiger charge is 2.19. The van der Waals surface area contributed by atoms with Crippen LogP contribution in [0.25, 0.3) is 0 Å². The molecule has 0 aliphatic rings. The Kier molecular flexibility index (Phi) is 47.8. The zero-order valence-electron chi connectivity index (χ0n) is 40.2. The average molecular weight is 845 g/mol. The molecule has 0 aliphatic heterocycles. The molecule has 6 heteroatoms. The Hall–Kier alpha value is -2.11. The third-order valence-corrected chi connectivity index (χ3v) is 11.7. The van der Waals surface area contributed by atoms with Gasteiger partial charge < -0.3 is 14.2 Å². The number of rotatable bonds is 48. The third-order valence-electron chi connectivity index (χ3n) is 11.7. The molecule has 0 N–H and O–H groups in total. The van der Waals surface area contributed by atoms with E-state index in [4.69, 9.17) is 14.2 Å². The topological polar surface area (TPSA) is 78.9 Å². The van der Waals surface area contributed by atoms with Crippen molar-refractivity contribution < 1.29 is 28.6 Å². The molecule has 0 aliphatic carbocycles. The molecule has 0 spiro atoms. The first-order valence-corrected chi connectivity index (χ1v) is 26.4. The van der Waals surface area contributed by atoms with Crippen LogP contribution < -0.4 is 0 Å². The van der Waals surface area contributed by atoms with Gasteiger partial charge in [-0.2, -0.15) is 0 Å². The van der Waals surface area contributed by atoms with E-state index in [-0.39, 0.29) is 31.1 Å². The van der Waals surface area contributed by atoms with Crippen LogP contribution in [0.5, 0.6) is 0 Å². The van der Waals surface area contributed by atoms with Gasteiger partial charge in [0.25, 0.3) is 0 Å². The molecule has 60 heavy (non-hydrogen) atoms. The number of allylic oxidation sites excluding steroid dienone is 4. The fraction of sp³-hybridized carbons (Fsp3) is 0.870. The zero-order valence-corrected chi connectivity index (χ0v) is 40.2. The van der Waals surface area contributed by atoms with Crippen molar-refractivity contribution in [2.45, 2.75) is 290 Å². The molecule has 0 bridgehead atoms. The van der Waals surface area contributed by atoms with Gasteiger partial charge in [-0.1, -0.05) is 251 Å². The number of carbonyl (C=O) groups excluding carboxylic acids is 3. The molecular weight excluding hydrogens is 745 g/mol. The molecule has 1 atom stereocenters. The number of ether oxygens (including phenoxy) is 3. The van der Waals surface area contributed by atoms with E-state index in [9.17, 15) is 14.4 Å². The molecule has 0 aromatic rings. The van der Waals surface area contributed by atoms with Gasteiger partial charge in [-0.25, -0.2) is 0 Å². The van der Waals surface area contributed by atoms with Gasteiger partial charge in [0.15, 0.2) is 6.10 Å². The maximum Gasteiger partial charge on any atom is 0.306 e. The van der Waals surface area contributed by atoms with Gasteiger partial charge >= 0.3 is 17.9 Å². The largest absolute Gasteiger partial charge is 0.462 e. The Morgan fingerprint density at radius 2 is 0.600 bits per heavy atom. The summed E-state index contributed by atoms with van der Waals surface area (Å²) in [6, 6.07) is 0. The Morgan fingerprint density at radius 3 is 0.933 bits per heavy atom. The van der Waals surface area contributed by atoms with E-state index in [0.29, 0.717) is 19.3 Å². The summed E-state index contributed by atoms with van der Waals surface area (Å²) in [5.41, 5.74) is 0. The molecule has 0 aromatic heterocycles. The van der Waals surface area contributed by atoms with Crippen LogP contribution in [0, 0.1) is 0 Å². The fourth-order valence-electron chi connectivity index (χ4n) is 7.72. The van der Waals surface area contributed by atoms with Gasteiger partial charge in [-0.3, -0.25) is 14.4 Å². The quantitative estimate of drug-likeness (QED) is 0.0263. The first kappa shape index (κ1) is 57.9. The van der Waals surface area contributed by atoms with Crippen LogP contribution >= 0.6 is 0 Å². The Labute approximate surface area is 373 Å². The monoisotopic (exact) mass is 845 g/mol. The molecule has 0 aromatic carbocycles. The normalized spacial score (nSPS) is 12.1. The molecule has 0 radical (unpaired) electrons. The molecule has 0 saturated carbocycles. The van der Waals surface area contributed by atoms with Crippen molar-refractivity contribution in [3.63, 3.8) is 0 Å². The maximum absolute atomic E-state index is 12.8. The highest BCUT2D eigenvalue weighted by Crippen LogP contribution is 2.16. The highest BCUT2D eigenvalue weighted by atomic mass is 16.6. The lowest BCUT2D eigenvalue weighted by atomic mass is 10.0. The van der Waals surface area contributed by atoms with Crippen LogP contribution in [0.2, 0.25) is 0 Å². The van der Waals surface area contributed by atoms with Crippen LogP contribution in [0.1, 0.15) is 284 Å². The van der Waals surface area contributed by atoms with Crippen LogP contribution in [-0.2, 0) is 28.6 Å². The summed E-state index contributed by atoms with van der Waals surface area (Å²) >= 11 is 0. The number of hydrogen-bond acceptors (Lipinski definition) is 6. The predicted molar refractivity (Wildman–Crippen MR) is 256 cm³/mol. The van der Waals surface area contributed by atoms with Crippen LogP contribution in [0.15, 0.2) is 24.3 Å². The van der Waals surface area contributed by atoms with Crippen molar-refractivity contribution in [3.05, 3.63) is 24.3 Å². The van der Waals surface area contributed by atoms with Crippen LogP contribution in [0.4, 0.5) is 0 Å². The summed E-state index contributed by atoms with van der Waals surface area (Å²) in [4.78, 5) is 37.9. The number of carbonyl (C=O) groups is 3. The molecule has 0 rings (SSSR count). The van der Waals surface area contributed by atoms with Crippen molar-refractivity contribution in [2.75, 3.05) is 13.2 Å². The average Bonchev–Trinajstić information content (AvgIpc) is 3.24. The SMILES string of the molecule is CCCC/C=C\C=C/CCCCCC(=O)OCC(COC(=O)CCCCCCCCCCCCCCCCCC)OC(=O)CCCCCCCCCCCCCCCCC. The van der Waals surface area contributed by atoms with Crippen LogP contribution in [-0.4, -0.2) is 37.2 Å². The van der Waals surface area contributed by atoms with Gasteiger partial charge in [-0.15, -0.1) is 0 Å². The molecule has 0 amide bonds. The molecule has 1 unspecified atom stereocenters. The molecule has 0 heterocycles.